The molecule has 1 amide bonds. The lowest BCUT2D eigenvalue weighted by Crippen LogP contribution is -2.28. The third-order valence-corrected chi connectivity index (χ3v) is 5.62. The number of sulfonamides is 1. The van der Waals surface area contributed by atoms with E-state index < -0.39 is 15.9 Å². The van der Waals surface area contributed by atoms with Crippen LogP contribution in [0.4, 0.5) is 5.69 Å². The number of carbonyl (C=O) groups excluding carboxylic acids is 1. The van der Waals surface area contributed by atoms with Crippen LogP contribution in [0.1, 0.15) is 0 Å². The molecular weight excluding hydrogens is 370 g/mol. The average molecular weight is 387 g/mol. The molecule has 0 atom stereocenters. The molecule has 0 saturated heterocycles. The predicted molar refractivity (Wildman–Crippen MR) is 99.7 cm³/mol. The van der Waals surface area contributed by atoms with Crippen molar-refractivity contribution < 1.29 is 13.2 Å². The molecule has 0 unspecified atom stereocenters. The molecule has 1 aromatic carbocycles. The highest BCUT2D eigenvalue weighted by atomic mass is 32.2. The van der Waals surface area contributed by atoms with Crippen LogP contribution in [0.15, 0.2) is 58.6 Å². The van der Waals surface area contributed by atoms with E-state index in [-0.39, 0.29) is 17.0 Å². The summed E-state index contributed by atoms with van der Waals surface area (Å²) < 4.78 is 26.6. The fourth-order valence-electron chi connectivity index (χ4n) is 2.41. The zero-order valence-corrected chi connectivity index (χ0v) is 15.5. The topological polar surface area (TPSA) is 114 Å². The largest absolute Gasteiger partial charge is 0.324 e. The molecule has 0 aliphatic carbocycles. The number of fused-ring (bicyclic) bond motifs is 1. The first-order chi connectivity index (χ1) is 12.8. The van der Waals surface area contributed by atoms with E-state index >= 15 is 0 Å². The number of amides is 1. The molecular formula is C17H17N5O4S. The normalized spacial score (nSPS) is 11.7. The number of nitrogens with zero attached hydrogens (tertiary/aromatic N) is 4. The molecule has 10 heteroatoms. The van der Waals surface area contributed by atoms with E-state index in [1.165, 1.54) is 49.4 Å². The van der Waals surface area contributed by atoms with E-state index in [0.29, 0.717) is 16.7 Å². The van der Waals surface area contributed by atoms with Crippen LogP contribution in [0.2, 0.25) is 0 Å². The molecule has 0 spiro atoms. The number of rotatable bonds is 5. The maximum absolute atomic E-state index is 12.4. The molecule has 3 aromatic rings. The van der Waals surface area contributed by atoms with Crippen LogP contribution in [0.3, 0.4) is 0 Å². The van der Waals surface area contributed by atoms with Gasteiger partial charge in [0.1, 0.15) is 12.9 Å². The minimum atomic E-state index is -3.62. The third-order valence-electron chi connectivity index (χ3n) is 3.81. The fourth-order valence-corrected chi connectivity index (χ4v) is 3.36. The van der Waals surface area contributed by atoms with Gasteiger partial charge in [0, 0.05) is 26.0 Å². The van der Waals surface area contributed by atoms with Gasteiger partial charge < -0.3 is 5.32 Å². The summed E-state index contributed by atoms with van der Waals surface area (Å²) in [7, 11) is -0.765. The second-order valence-electron chi connectivity index (χ2n) is 5.92. The van der Waals surface area contributed by atoms with Crippen LogP contribution < -0.4 is 10.9 Å². The molecule has 0 saturated carbocycles. The highest BCUT2D eigenvalue weighted by Gasteiger charge is 2.17. The van der Waals surface area contributed by atoms with Crippen molar-refractivity contribution in [2.75, 3.05) is 19.4 Å². The Morgan fingerprint density at radius 2 is 1.96 bits per heavy atom. The molecule has 3 rings (SSSR count). The maximum atomic E-state index is 12.4. The Balaban J connectivity index is 1.81. The van der Waals surface area contributed by atoms with Gasteiger partial charge in [0.25, 0.3) is 5.56 Å². The number of hydrogen-bond acceptors (Lipinski definition) is 6. The van der Waals surface area contributed by atoms with Gasteiger partial charge in [-0.15, -0.1) is 0 Å². The fraction of sp³-hybridized carbons (Fsp3) is 0.176. The number of aromatic nitrogens is 3. The van der Waals surface area contributed by atoms with Gasteiger partial charge >= 0.3 is 0 Å². The number of benzene rings is 1. The summed E-state index contributed by atoms with van der Waals surface area (Å²) in [5, 5.41) is 2.90. The summed E-state index contributed by atoms with van der Waals surface area (Å²) in [5.74, 6) is -0.485. The Bertz CT molecular complexity index is 1170. The van der Waals surface area contributed by atoms with Gasteiger partial charge in [-0.25, -0.2) is 22.7 Å². The number of pyridine rings is 1. The van der Waals surface area contributed by atoms with Crippen molar-refractivity contribution >= 4 is 32.7 Å². The van der Waals surface area contributed by atoms with Crippen LogP contribution in [0.5, 0.6) is 0 Å². The first-order valence-corrected chi connectivity index (χ1v) is 9.35. The molecule has 27 heavy (non-hydrogen) atoms. The predicted octanol–water partition coefficient (Wildman–Crippen LogP) is 0.680. The molecule has 0 aliphatic heterocycles. The number of anilines is 1. The number of nitrogens with one attached hydrogen (secondary N) is 1. The quantitative estimate of drug-likeness (QED) is 0.689. The molecule has 9 nitrogen and oxygen atoms in total. The van der Waals surface area contributed by atoms with E-state index in [2.05, 4.69) is 15.3 Å². The van der Waals surface area contributed by atoms with Gasteiger partial charge in [0.15, 0.2) is 5.65 Å². The molecule has 0 bridgehead atoms. The van der Waals surface area contributed by atoms with Crippen molar-refractivity contribution in [3.05, 3.63) is 59.3 Å². The zero-order valence-electron chi connectivity index (χ0n) is 14.7. The summed E-state index contributed by atoms with van der Waals surface area (Å²) >= 11 is 0. The van der Waals surface area contributed by atoms with Crippen LogP contribution in [-0.4, -0.2) is 47.3 Å². The van der Waals surface area contributed by atoms with Gasteiger partial charge in [0.2, 0.25) is 15.9 Å². The van der Waals surface area contributed by atoms with Gasteiger partial charge in [0.05, 0.1) is 10.3 Å². The molecule has 140 valence electrons. The van der Waals surface area contributed by atoms with Crippen LogP contribution in [-0.2, 0) is 21.4 Å². The van der Waals surface area contributed by atoms with Crippen molar-refractivity contribution in [1.29, 1.82) is 0 Å². The molecule has 0 fully saturated rings. The Morgan fingerprint density at radius 3 is 2.70 bits per heavy atom. The first kappa shape index (κ1) is 18.7. The molecule has 0 aliphatic rings. The standard InChI is InChI=1S/C17H17N5O4S/c1-21(2)27(25,26)13-6-3-5-12(9-13)20-15(23)10-22-11-19-16-14(17(22)24)7-4-8-18-16/h3-9,11H,10H2,1-2H3,(H,20,23). The SMILES string of the molecule is CN(C)S(=O)(=O)c1cccc(NC(=O)Cn2cnc3ncccc3c2=O)c1. The van der Waals surface area contributed by atoms with Crippen molar-refractivity contribution in [2.24, 2.45) is 0 Å². The number of hydrogen-bond donors (Lipinski definition) is 1. The lowest BCUT2D eigenvalue weighted by atomic mass is 10.3. The summed E-state index contributed by atoms with van der Waals surface area (Å²) in [6.45, 7) is -0.263. The average Bonchev–Trinajstić information content (AvgIpc) is 2.64. The Hall–Kier alpha value is -3.11. The molecule has 0 radical (unpaired) electrons. The van der Waals surface area contributed by atoms with Gasteiger partial charge in [-0.1, -0.05) is 6.07 Å². The van der Waals surface area contributed by atoms with Gasteiger partial charge in [-0.2, -0.15) is 0 Å². The Morgan fingerprint density at radius 1 is 1.19 bits per heavy atom. The summed E-state index contributed by atoms with van der Waals surface area (Å²) in [6, 6.07) is 9.10. The van der Waals surface area contributed by atoms with Crippen molar-refractivity contribution in [3.8, 4) is 0 Å². The number of carbonyl (C=O) groups is 1. The second kappa shape index (κ2) is 7.25. The summed E-state index contributed by atoms with van der Waals surface area (Å²) in [4.78, 5) is 32.8. The summed E-state index contributed by atoms with van der Waals surface area (Å²) in [5.41, 5.74) is 0.235. The van der Waals surface area contributed by atoms with E-state index in [4.69, 9.17) is 0 Å². The Labute approximate surface area is 155 Å². The summed E-state index contributed by atoms with van der Waals surface area (Å²) in [6.07, 6.45) is 2.78. The first-order valence-electron chi connectivity index (χ1n) is 7.91. The highest BCUT2D eigenvalue weighted by Crippen LogP contribution is 2.18. The Kier molecular flexibility index (Phi) is 5.02. The monoisotopic (exact) mass is 387 g/mol. The lowest BCUT2D eigenvalue weighted by Gasteiger charge is -2.13. The maximum Gasteiger partial charge on any atom is 0.263 e. The van der Waals surface area contributed by atoms with E-state index in [9.17, 15) is 18.0 Å². The van der Waals surface area contributed by atoms with Gasteiger partial charge in [-0.05, 0) is 30.3 Å². The smallest absolute Gasteiger partial charge is 0.263 e. The lowest BCUT2D eigenvalue weighted by molar-refractivity contribution is -0.116. The van der Waals surface area contributed by atoms with Gasteiger partial charge in [-0.3, -0.25) is 14.2 Å². The molecule has 2 heterocycles. The van der Waals surface area contributed by atoms with Crippen molar-refractivity contribution in [3.63, 3.8) is 0 Å². The third kappa shape index (κ3) is 3.86. The van der Waals surface area contributed by atoms with Crippen molar-refractivity contribution in [1.82, 2.24) is 18.8 Å². The van der Waals surface area contributed by atoms with Crippen LogP contribution >= 0.6 is 0 Å². The minimum Gasteiger partial charge on any atom is -0.324 e. The van der Waals surface area contributed by atoms with Crippen molar-refractivity contribution in [2.45, 2.75) is 11.4 Å². The zero-order chi connectivity index (χ0) is 19.6. The van der Waals surface area contributed by atoms with E-state index in [1.54, 1.807) is 18.2 Å². The second-order valence-corrected chi connectivity index (χ2v) is 8.07. The van der Waals surface area contributed by atoms with Crippen LogP contribution in [0.25, 0.3) is 11.0 Å². The molecule has 1 N–H and O–H groups in total. The van der Waals surface area contributed by atoms with E-state index in [1.807, 2.05) is 0 Å². The highest BCUT2D eigenvalue weighted by molar-refractivity contribution is 7.89. The van der Waals surface area contributed by atoms with E-state index in [0.717, 1.165) is 4.31 Å². The van der Waals surface area contributed by atoms with Crippen LogP contribution in [0, 0.1) is 0 Å². The molecule has 2 aromatic heterocycles. The minimum absolute atomic E-state index is 0.0564.